The van der Waals surface area contributed by atoms with Crippen molar-refractivity contribution in [3.05, 3.63) is 125 Å². The minimum atomic E-state index is 0.137. The predicted molar refractivity (Wildman–Crippen MR) is 142 cm³/mol. The van der Waals surface area contributed by atoms with Crippen LogP contribution in [0.4, 0.5) is 17.1 Å². The second-order valence-corrected chi connectivity index (χ2v) is 10.00. The first kappa shape index (κ1) is 19.1. The summed E-state index contributed by atoms with van der Waals surface area (Å²) < 4.78 is 1.18. The Morgan fingerprint density at radius 1 is 0.576 bits per heavy atom. The molecule has 0 N–H and O–H groups in total. The van der Waals surface area contributed by atoms with E-state index in [1.165, 1.54) is 67.4 Å². The Balaban J connectivity index is 1.48. The molecule has 0 unspecified atom stereocenters. The van der Waals surface area contributed by atoms with Gasteiger partial charge >= 0.3 is 0 Å². The molecule has 5 aromatic rings. The Morgan fingerprint density at radius 3 is 1.94 bits per heavy atom. The quantitative estimate of drug-likeness (QED) is 0.245. The Kier molecular flexibility index (Phi) is 4.10. The standard InChI is InChI=1S/C31H22BrN/c32-29-17-16-27-30-25(12-7-13-26(29)30)24-15-14-23(20-28(24)31(27)18-19-31)33(21-8-3-1-4-9-21)22-10-5-2-6-11-22/h1-17,20H,18-19H2. The molecule has 0 aliphatic heterocycles. The van der Waals surface area contributed by atoms with Crippen LogP contribution >= 0.6 is 15.9 Å². The van der Waals surface area contributed by atoms with E-state index >= 15 is 0 Å². The van der Waals surface area contributed by atoms with Crippen LogP contribution in [0, 0.1) is 0 Å². The third-order valence-corrected chi connectivity index (χ3v) is 8.04. The lowest BCUT2D eigenvalue weighted by Crippen LogP contribution is -2.17. The zero-order valence-corrected chi connectivity index (χ0v) is 19.7. The van der Waals surface area contributed by atoms with Crippen molar-refractivity contribution in [1.82, 2.24) is 0 Å². The van der Waals surface area contributed by atoms with Crippen LogP contribution in [0.2, 0.25) is 0 Å². The average Bonchev–Trinajstić information content (AvgIpc) is 3.67. The van der Waals surface area contributed by atoms with E-state index in [0.29, 0.717) is 0 Å². The van der Waals surface area contributed by atoms with E-state index in [2.05, 4.69) is 130 Å². The smallest absolute Gasteiger partial charge is 0.0465 e. The summed E-state index contributed by atoms with van der Waals surface area (Å²) in [6.45, 7) is 0. The molecule has 2 heteroatoms. The summed E-state index contributed by atoms with van der Waals surface area (Å²) in [6.07, 6.45) is 2.43. The second kappa shape index (κ2) is 7.07. The summed E-state index contributed by atoms with van der Waals surface area (Å²) in [5, 5.41) is 2.74. The van der Waals surface area contributed by atoms with Gasteiger partial charge in [-0.25, -0.2) is 0 Å². The van der Waals surface area contributed by atoms with Gasteiger partial charge in [-0.05, 0) is 88.3 Å². The highest BCUT2D eigenvalue weighted by Crippen LogP contribution is 2.62. The van der Waals surface area contributed by atoms with Crippen LogP contribution in [0.25, 0.3) is 21.9 Å². The number of halogens is 1. The van der Waals surface area contributed by atoms with Crippen LogP contribution in [0.5, 0.6) is 0 Å². The number of nitrogens with zero attached hydrogens (tertiary/aromatic N) is 1. The van der Waals surface area contributed by atoms with Crippen LogP contribution in [0.1, 0.15) is 24.0 Å². The molecule has 1 saturated carbocycles. The van der Waals surface area contributed by atoms with Crippen molar-refractivity contribution in [2.45, 2.75) is 18.3 Å². The highest BCUT2D eigenvalue weighted by atomic mass is 79.9. The van der Waals surface area contributed by atoms with Gasteiger partial charge in [-0.1, -0.05) is 82.7 Å². The maximum Gasteiger partial charge on any atom is 0.0465 e. The molecule has 1 nitrogen and oxygen atoms in total. The number of rotatable bonds is 3. The van der Waals surface area contributed by atoms with Crippen LogP contribution in [-0.4, -0.2) is 0 Å². The lowest BCUT2D eigenvalue weighted by atomic mass is 9.74. The molecule has 1 spiro atoms. The first-order valence-electron chi connectivity index (χ1n) is 11.5. The molecule has 2 aliphatic carbocycles. The van der Waals surface area contributed by atoms with E-state index in [1.54, 1.807) is 0 Å². The van der Waals surface area contributed by atoms with E-state index in [9.17, 15) is 0 Å². The Morgan fingerprint density at radius 2 is 1.27 bits per heavy atom. The van der Waals surface area contributed by atoms with E-state index in [4.69, 9.17) is 0 Å². The zero-order chi connectivity index (χ0) is 22.0. The summed E-state index contributed by atoms with van der Waals surface area (Å²) in [4.78, 5) is 2.37. The third-order valence-electron chi connectivity index (χ3n) is 7.35. The molecule has 0 heterocycles. The van der Waals surface area contributed by atoms with Crippen molar-refractivity contribution in [1.29, 1.82) is 0 Å². The summed E-state index contributed by atoms with van der Waals surface area (Å²) in [6, 6.07) is 39.7. The number of fused-ring (bicyclic) bond motifs is 4. The Hall–Kier alpha value is -3.36. The van der Waals surface area contributed by atoms with E-state index in [1.807, 2.05) is 0 Å². The monoisotopic (exact) mass is 487 g/mol. The molecule has 5 aromatic carbocycles. The fraction of sp³-hybridized carbons (Fsp3) is 0.0968. The van der Waals surface area contributed by atoms with Gasteiger partial charge in [0.1, 0.15) is 0 Å². The van der Waals surface area contributed by atoms with E-state index in [0.717, 1.165) is 0 Å². The second-order valence-electron chi connectivity index (χ2n) is 9.14. The topological polar surface area (TPSA) is 3.24 Å². The first-order chi connectivity index (χ1) is 16.3. The van der Waals surface area contributed by atoms with Gasteiger partial charge in [0.05, 0.1) is 0 Å². The molecule has 2 aliphatic rings. The summed E-state index contributed by atoms with van der Waals surface area (Å²) in [5.74, 6) is 0. The van der Waals surface area contributed by atoms with Crippen LogP contribution < -0.4 is 4.90 Å². The fourth-order valence-electron chi connectivity index (χ4n) is 5.71. The van der Waals surface area contributed by atoms with Crippen LogP contribution in [-0.2, 0) is 5.41 Å². The maximum atomic E-state index is 3.79. The molecule has 0 atom stereocenters. The maximum absolute atomic E-state index is 3.79. The van der Waals surface area contributed by atoms with Crippen molar-refractivity contribution in [2.24, 2.45) is 0 Å². The zero-order valence-electron chi connectivity index (χ0n) is 18.1. The van der Waals surface area contributed by atoms with E-state index < -0.39 is 0 Å². The molecule has 0 radical (unpaired) electrons. The lowest BCUT2D eigenvalue weighted by molar-refractivity contribution is 0.852. The van der Waals surface area contributed by atoms with Gasteiger partial charge < -0.3 is 4.90 Å². The van der Waals surface area contributed by atoms with Crippen molar-refractivity contribution >= 4 is 43.8 Å². The van der Waals surface area contributed by atoms with Crippen molar-refractivity contribution in [3.8, 4) is 11.1 Å². The molecular weight excluding hydrogens is 466 g/mol. The molecule has 0 bridgehead atoms. The molecule has 0 saturated heterocycles. The first-order valence-corrected chi connectivity index (χ1v) is 12.3. The molecule has 33 heavy (non-hydrogen) atoms. The minimum Gasteiger partial charge on any atom is -0.310 e. The minimum absolute atomic E-state index is 0.137. The average molecular weight is 488 g/mol. The number of para-hydroxylation sites is 2. The number of benzene rings is 5. The number of anilines is 3. The normalized spacial score (nSPS) is 14.8. The largest absolute Gasteiger partial charge is 0.310 e. The lowest BCUT2D eigenvalue weighted by Gasteiger charge is -2.32. The van der Waals surface area contributed by atoms with Crippen molar-refractivity contribution in [2.75, 3.05) is 4.90 Å². The van der Waals surface area contributed by atoms with Gasteiger partial charge in [-0.2, -0.15) is 0 Å². The van der Waals surface area contributed by atoms with Gasteiger partial charge in [0.15, 0.2) is 0 Å². The van der Waals surface area contributed by atoms with Crippen molar-refractivity contribution < 1.29 is 0 Å². The van der Waals surface area contributed by atoms with Gasteiger partial charge in [0, 0.05) is 26.9 Å². The number of hydrogen-bond acceptors (Lipinski definition) is 1. The highest BCUT2D eigenvalue weighted by molar-refractivity contribution is 9.10. The van der Waals surface area contributed by atoms with Gasteiger partial charge in [-0.3, -0.25) is 0 Å². The summed E-state index contributed by atoms with van der Waals surface area (Å²) >= 11 is 3.79. The molecule has 0 amide bonds. The molecule has 158 valence electrons. The van der Waals surface area contributed by atoms with Crippen LogP contribution in [0.15, 0.2) is 114 Å². The third kappa shape index (κ3) is 2.77. The van der Waals surface area contributed by atoms with Crippen LogP contribution in [0.3, 0.4) is 0 Å². The SMILES string of the molecule is Brc1ccc2c3c(cccc13)-c1ccc(N(c3ccccc3)c3ccccc3)cc1C21CC1. The molecule has 0 aromatic heterocycles. The molecular formula is C31H22BrN. The molecule has 1 fully saturated rings. The summed E-state index contributed by atoms with van der Waals surface area (Å²) in [7, 11) is 0. The fourth-order valence-corrected chi connectivity index (χ4v) is 6.17. The van der Waals surface area contributed by atoms with E-state index in [-0.39, 0.29) is 5.41 Å². The predicted octanol–water partition coefficient (Wildman–Crippen LogP) is 9.13. The van der Waals surface area contributed by atoms with Gasteiger partial charge in [-0.15, -0.1) is 0 Å². The van der Waals surface area contributed by atoms with Gasteiger partial charge in [0.2, 0.25) is 0 Å². The highest BCUT2D eigenvalue weighted by Gasteiger charge is 2.50. The van der Waals surface area contributed by atoms with Crippen molar-refractivity contribution in [3.63, 3.8) is 0 Å². The Labute approximate surface area is 202 Å². The molecule has 7 rings (SSSR count). The number of hydrogen-bond donors (Lipinski definition) is 0. The Bertz CT molecular complexity index is 1480. The van der Waals surface area contributed by atoms with Gasteiger partial charge in [0.25, 0.3) is 0 Å². The summed E-state index contributed by atoms with van der Waals surface area (Å²) in [5.41, 5.74) is 9.41.